The lowest BCUT2D eigenvalue weighted by atomic mass is 9.79. The van der Waals surface area contributed by atoms with E-state index in [0.717, 1.165) is 51.1 Å². The first-order valence-corrected chi connectivity index (χ1v) is 15.4. The van der Waals surface area contributed by atoms with Crippen LogP contribution in [0.25, 0.3) is 0 Å². The van der Waals surface area contributed by atoms with E-state index in [-0.39, 0.29) is 23.6 Å². The van der Waals surface area contributed by atoms with Crippen LogP contribution in [0.5, 0.6) is 17.2 Å². The fraction of sp³-hybridized carbons (Fsp3) is 0.576. The molecular weight excluding hydrogens is 502 g/mol. The van der Waals surface area contributed by atoms with Crippen molar-refractivity contribution in [3.05, 3.63) is 54.1 Å². The molecule has 2 saturated heterocycles. The molecule has 0 aromatic heterocycles. The zero-order chi connectivity index (χ0) is 28.0. The predicted molar refractivity (Wildman–Crippen MR) is 156 cm³/mol. The summed E-state index contributed by atoms with van der Waals surface area (Å²) in [6, 6.07) is 14.5. The maximum atomic E-state index is 13.8. The Labute approximate surface area is 238 Å². The molecule has 2 aromatic carbocycles. The highest BCUT2D eigenvalue weighted by Crippen LogP contribution is 2.36. The van der Waals surface area contributed by atoms with E-state index in [9.17, 15) is 14.7 Å². The molecule has 3 fully saturated rings. The first-order valence-electron chi connectivity index (χ1n) is 15.4. The number of carbonyl (C=O) groups excluding carboxylic acids is 2. The minimum atomic E-state index is -0.705. The molecular formula is C33H45N3O4. The topological polar surface area (TPSA) is 82.1 Å². The number of phenols is 1. The Morgan fingerprint density at radius 3 is 2.45 bits per heavy atom. The molecule has 0 radical (unpaired) electrons. The van der Waals surface area contributed by atoms with Crippen LogP contribution < -0.4 is 10.1 Å². The number of piperazine rings is 1. The third-order valence-corrected chi connectivity index (χ3v) is 9.21. The first-order chi connectivity index (χ1) is 19.5. The van der Waals surface area contributed by atoms with Crippen molar-refractivity contribution in [2.45, 2.75) is 89.1 Å². The Kier molecular flexibility index (Phi) is 9.30. The van der Waals surface area contributed by atoms with Gasteiger partial charge in [0.1, 0.15) is 28.8 Å². The largest absolute Gasteiger partial charge is 0.508 e. The fourth-order valence-electron chi connectivity index (χ4n) is 6.78. The minimum absolute atomic E-state index is 0.0720. The Hall–Kier alpha value is -3.06. The van der Waals surface area contributed by atoms with Gasteiger partial charge in [0, 0.05) is 26.2 Å². The quantitative estimate of drug-likeness (QED) is 0.401. The molecule has 0 bridgehead atoms. The van der Waals surface area contributed by atoms with Crippen LogP contribution in [0.4, 0.5) is 0 Å². The van der Waals surface area contributed by atoms with E-state index in [2.05, 4.69) is 29.3 Å². The number of rotatable bonds is 10. The van der Waals surface area contributed by atoms with Crippen molar-refractivity contribution in [3.63, 3.8) is 0 Å². The van der Waals surface area contributed by atoms with Gasteiger partial charge < -0.3 is 25.0 Å². The lowest BCUT2D eigenvalue weighted by molar-refractivity contribution is -0.161. The van der Waals surface area contributed by atoms with E-state index < -0.39 is 5.54 Å². The Bertz CT molecular complexity index is 1140. The van der Waals surface area contributed by atoms with Crippen LogP contribution in [0.2, 0.25) is 0 Å². The maximum absolute atomic E-state index is 13.8. The normalized spacial score (nSPS) is 21.9. The molecule has 40 heavy (non-hydrogen) atoms. The SMILES string of the molecule is CCCCN1C(=O)[C@H](CC2CCCCC2)NC(=O)C12CCN(CCc1cccc(Oc3ccc(O)cc3)c1)CC2. The van der Waals surface area contributed by atoms with Crippen LogP contribution in [-0.4, -0.2) is 64.5 Å². The standard InChI is InChI=1S/C33H45N3O4/c1-2-3-19-36-31(38)30(24-25-8-5-4-6-9-25)34-32(39)33(36)17-21-35(22-18-33)20-16-26-10-7-11-29(23-26)40-28-14-12-27(37)13-15-28/h7,10-15,23,25,30,37H,2-6,8-9,16-22,24H2,1H3,(H,34,39)/t30-/m0/s1. The third-order valence-electron chi connectivity index (χ3n) is 9.21. The number of hydrogen-bond acceptors (Lipinski definition) is 5. The van der Waals surface area contributed by atoms with Gasteiger partial charge in [-0.05, 0) is 80.0 Å². The van der Waals surface area contributed by atoms with E-state index in [4.69, 9.17) is 4.74 Å². The molecule has 1 aliphatic carbocycles. The van der Waals surface area contributed by atoms with Crippen molar-refractivity contribution in [2.24, 2.45) is 5.92 Å². The van der Waals surface area contributed by atoms with Gasteiger partial charge in [-0.25, -0.2) is 0 Å². The zero-order valence-corrected chi connectivity index (χ0v) is 23.9. The Morgan fingerprint density at radius 2 is 1.73 bits per heavy atom. The van der Waals surface area contributed by atoms with Crippen LogP contribution in [-0.2, 0) is 16.0 Å². The highest BCUT2D eigenvalue weighted by molar-refractivity contribution is 6.00. The number of benzene rings is 2. The van der Waals surface area contributed by atoms with Crippen molar-refractivity contribution in [3.8, 4) is 17.2 Å². The zero-order valence-electron chi connectivity index (χ0n) is 23.9. The van der Waals surface area contributed by atoms with Crippen LogP contribution in [0, 0.1) is 5.92 Å². The van der Waals surface area contributed by atoms with Gasteiger partial charge in [-0.2, -0.15) is 0 Å². The summed E-state index contributed by atoms with van der Waals surface area (Å²) in [5.41, 5.74) is 0.487. The highest BCUT2D eigenvalue weighted by atomic mass is 16.5. The smallest absolute Gasteiger partial charge is 0.246 e. The molecule has 5 rings (SSSR count). The van der Waals surface area contributed by atoms with Gasteiger partial charge in [-0.15, -0.1) is 0 Å². The van der Waals surface area contributed by atoms with Crippen LogP contribution in [0.15, 0.2) is 48.5 Å². The first kappa shape index (κ1) is 28.5. The molecule has 2 amide bonds. The van der Waals surface area contributed by atoms with Crippen molar-refractivity contribution in [2.75, 3.05) is 26.2 Å². The van der Waals surface area contributed by atoms with E-state index in [1.165, 1.54) is 37.7 Å². The van der Waals surface area contributed by atoms with Crippen molar-refractivity contribution in [1.29, 1.82) is 0 Å². The van der Waals surface area contributed by atoms with E-state index in [0.29, 0.717) is 31.1 Å². The molecule has 1 atom stereocenters. The number of unbranched alkanes of at least 4 members (excludes halogenated alkanes) is 1. The number of nitrogens with zero attached hydrogens (tertiary/aromatic N) is 2. The summed E-state index contributed by atoms with van der Waals surface area (Å²) in [6.07, 6.45) is 11.1. The summed E-state index contributed by atoms with van der Waals surface area (Å²) in [7, 11) is 0. The molecule has 7 nitrogen and oxygen atoms in total. The van der Waals surface area contributed by atoms with Crippen molar-refractivity contribution < 1.29 is 19.4 Å². The highest BCUT2D eigenvalue weighted by Gasteiger charge is 2.53. The Morgan fingerprint density at radius 1 is 0.975 bits per heavy atom. The van der Waals surface area contributed by atoms with Gasteiger partial charge in [0.05, 0.1) is 0 Å². The molecule has 1 saturated carbocycles. The van der Waals surface area contributed by atoms with Gasteiger partial charge in [0.2, 0.25) is 11.8 Å². The van der Waals surface area contributed by atoms with Crippen LogP contribution in [0.1, 0.15) is 76.7 Å². The second-order valence-corrected chi connectivity index (χ2v) is 12.0. The van der Waals surface area contributed by atoms with E-state index in [1.54, 1.807) is 24.3 Å². The molecule has 2 heterocycles. The average molecular weight is 548 g/mol. The second-order valence-electron chi connectivity index (χ2n) is 12.0. The lowest BCUT2D eigenvalue weighted by Gasteiger charge is -2.52. The second kappa shape index (κ2) is 13.1. The molecule has 2 aromatic rings. The molecule has 0 unspecified atom stereocenters. The van der Waals surface area contributed by atoms with Gasteiger partial charge in [0.25, 0.3) is 0 Å². The minimum Gasteiger partial charge on any atom is -0.508 e. The number of nitrogens with one attached hydrogen (secondary N) is 1. The number of piperidine rings is 1. The predicted octanol–water partition coefficient (Wildman–Crippen LogP) is 5.66. The molecule has 2 N–H and O–H groups in total. The van der Waals surface area contributed by atoms with E-state index in [1.807, 2.05) is 17.0 Å². The molecule has 7 heteroatoms. The number of phenolic OH excluding ortho intramolecular Hbond substituents is 1. The Balaban J connectivity index is 1.18. The van der Waals surface area contributed by atoms with Gasteiger partial charge in [-0.3, -0.25) is 9.59 Å². The summed E-state index contributed by atoms with van der Waals surface area (Å²) in [5.74, 6) is 2.45. The van der Waals surface area contributed by atoms with Crippen LogP contribution >= 0.6 is 0 Å². The van der Waals surface area contributed by atoms with Crippen LogP contribution in [0.3, 0.4) is 0 Å². The van der Waals surface area contributed by atoms with Gasteiger partial charge in [0.15, 0.2) is 0 Å². The molecule has 1 spiro atoms. The van der Waals surface area contributed by atoms with Crippen molar-refractivity contribution in [1.82, 2.24) is 15.1 Å². The maximum Gasteiger partial charge on any atom is 0.246 e. The number of amides is 2. The summed E-state index contributed by atoms with van der Waals surface area (Å²) >= 11 is 0. The van der Waals surface area contributed by atoms with E-state index >= 15 is 0 Å². The monoisotopic (exact) mass is 547 g/mol. The van der Waals surface area contributed by atoms with Crippen molar-refractivity contribution >= 4 is 11.8 Å². The summed E-state index contributed by atoms with van der Waals surface area (Å²) in [6.45, 7) is 5.33. The lowest BCUT2D eigenvalue weighted by Crippen LogP contribution is -2.73. The van der Waals surface area contributed by atoms with Gasteiger partial charge in [-0.1, -0.05) is 57.6 Å². The molecule has 2 aliphatic heterocycles. The summed E-state index contributed by atoms with van der Waals surface area (Å²) in [5, 5.41) is 12.7. The average Bonchev–Trinajstić information content (AvgIpc) is 2.97. The number of likely N-dealkylation sites (tertiary alicyclic amines) is 1. The number of aromatic hydroxyl groups is 1. The fourth-order valence-corrected chi connectivity index (χ4v) is 6.78. The van der Waals surface area contributed by atoms with Gasteiger partial charge >= 0.3 is 0 Å². The summed E-state index contributed by atoms with van der Waals surface area (Å²) < 4.78 is 5.96. The number of ether oxygens (including phenoxy) is 1. The number of hydrogen-bond donors (Lipinski definition) is 2. The molecule has 216 valence electrons. The molecule has 3 aliphatic rings. The number of carbonyl (C=O) groups is 2. The third kappa shape index (κ3) is 6.63. The summed E-state index contributed by atoms with van der Waals surface area (Å²) in [4.78, 5) is 31.9.